The lowest BCUT2D eigenvalue weighted by Crippen LogP contribution is -2.02. The maximum absolute atomic E-state index is 12.8. The summed E-state index contributed by atoms with van der Waals surface area (Å²) in [6.07, 6.45) is 0. The molecule has 0 unspecified atom stereocenters. The Morgan fingerprint density at radius 3 is 2.54 bits per heavy atom. The molecule has 1 aromatic rings. The first-order valence-electron chi connectivity index (χ1n) is 4.06. The van der Waals surface area contributed by atoms with E-state index < -0.39 is 5.95 Å². The standard InChI is InChI=1S/C8H11FN2O2/c1-3-12-7-5-6(9)10-8(11-7)13-4-2/h5H,3-4H2,1-2H3. The van der Waals surface area contributed by atoms with E-state index in [0.717, 1.165) is 6.07 Å². The summed E-state index contributed by atoms with van der Waals surface area (Å²) in [5.74, 6) is -0.458. The van der Waals surface area contributed by atoms with E-state index in [4.69, 9.17) is 9.47 Å². The van der Waals surface area contributed by atoms with Crippen LogP contribution in [0, 0.1) is 5.95 Å². The minimum Gasteiger partial charge on any atom is -0.478 e. The summed E-state index contributed by atoms with van der Waals surface area (Å²) in [5, 5.41) is 0. The number of nitrogens with zero attached hydrogens (tertiary/aromatic N) is 2. The largest absolute Gasteiger partial charge is 0.478 e. The molecule has 0 aliphatic rings. The fraction of sp³-hybridized carbons (Fsp3) is 0.500. The third kappa shape index (κ3) is 2.85. The topological polar surface area (TPSA) is 44.2 Å². The van der Waals surface area contributed by atoms with Crippen molar-refractivity contribution in [3.63, 3.8) is 0 Å². The van der Waals surface area contributed by atoms with Crippen molar-refractivity contribution >= 4 is 0 Å². The van der Waals surface area contributed by atoms with Crippen LogP contribution in [-0.4, -0.2) is 23.2 Å². The van der Waals surface area contributed by atoms with Gasteiger partial charge in [-0.3, -0.25) is 0 Å². The summed E-state index contributed by atoms with van der Waals surface area (Å²) in [6.45, 7) is 4.39. The van der Waals surface area contributed by atoms with Gasteiger partial charge in [-0.15, -0.1) is 0 Å². The molecular weight excluding hydrogens is 175 g/mol. The molecule has 0 aliphatic carbocycles. The van der Waals surface area contributed by atoms with Crippen LogP contribution < -0.4 is 9.47 Å². The van der Waals surface area contributed by atoms with Crippen LogP contribution in [0.3, 0.4) is 0 Å². The predicted molar refractivity (Wildman–Crippen MR) is 44.3 cm³/mol. The fourth-order valence-electron chi connectivity index (χ4n) is 0.793. The second-order valence-electron chi connectivity index (χ2n) is 2.18. The Kier molecular flexibility index (Phi) is 3.42. The van der Waals surface area contributed by atoms with Crippen molar-refractivity contribution in [3.8, 4) is 11.9 Å². The highest BCUT2D eigenvalue weighted by Crippen LogP contribution is 2.12. The quantitative estimate of drug-likeness (QED) is 0.667. The Hall–Kier alpha value is -1.39. The first-order chi connectivity index (χ1) is 6.26. The molecule has 72 valence electrons. The summed E-state index contributed by atoms with van der Waals surface area (Å²) in [6, 6.07) is 1.12. The maximum Gasteiger partial charge on any atom is 0.322 e. The summed E-state index contributed by atoms with van der Waals surface area (Å²) in [7, 11) is 0. The number of rotatable bonds is 4. The van der Waals surface area contributed by atoms with E-state index in [2.05, 4.69) is 9.97 Å². The molecule has 0 aliphatic heterocycles. The smallest absolute Gasteiger partial charge is 0.322 e. The van der Waals surface area contributed by atoms with Crippen molar-refractivity contribution in [2.24, 2.45) is 0 Å². The third-order valence-corrected chi connectivity index (χ3v) is 1.22. The number of aromatic nitrogens is 2. The molecule has 1 rings (SSSR count). The van der Waals surface area contributed by atoms with Crippen molar-refractivity contribution in [2.75, 3.05) is 13.2 Å². The van der Waals surface area contributed by atoms with E-state index in [-0.39, 0.29) is 11.9 Å². The van der Waals surface area contributed by atoms with Crippen LogP contribution >= 0.6 is 0 Å². The van der Waals surface area contributed by atoms with E-state index in [1.165, 1.54) is 0 Å². The molecule has 0 saturated carbocycles. The predicted octanol–water partition coefficient (Wildman–Crippen LogP) is 1.41. The van der Waals surface area contributed by atoms with Gasteiger partial charge in [0.25, 0.3) is 0 Å². The second-order valence-corrected chi connectivity index (χ2v) is 2.18. The van der Waals surface area contributed by atoms with Crippen LogP contribution in [0.4, 0.5) is 4.39 Å². The molecule has 1 heterocycles. The minimum atomic E-state index is -0.651. The van der Waals surface area contributed by atoms with Crippen LogP contribution in [0.25, 0.3) is 0 Å². The van der Waals surface area contributed by atoms with Gasteiger partial charge in [0, 0.05) is 0 Å². The van der Waals surface area contributed by atoms with Gasteiger partial charge in [-0.1, -0.05) is 0 Å². The van der Waals surface area contributed by atoms with Gasteiger partial charge in [-0.25, -0.2) is 0 Å². The molecule has 0 aromatic carbocycles. The highest BCUT2D eigenvalue weighted by Gasteiger charge is 2.04. The Bertz CT molecular complexity index is 257. The lowest BCUT2D eigenvalue weighted by Gasteiger charge is -2.04. The molecule has 13 heavy (non-hydrogen) atoms. The molecule has 0 N–H and O–H groups in total. The van der Waals surface area contributed by atoms with Gasteiger partial charge >= 0.3 is 6.01 Å². The molecule has 5 heteroatoms. The van der Waals surface area contributed by atoms with Crippen LogP contribution in [0.5, 0.6) is 11.9 Å². The second kappa shape index (κ2) is 4.59. The molecule has 0 saturated heterocycles. The van der Waals surface area contributed by atoms with Crippen LogP contribution in [-0.2, 0) is 0 Å². The highest BCUT2D eigenvalue weighted by atomic mass is 19.1. The summed E-state index contributed by atoms with van der Waals surface area (Å²) < 4.78 is 22.7. The molecule has 0 fully saturated rings. The van der Waals surface area contributed by atoms with Crippen molar-refractivity contribution in [1.82, 2.24) is 9.97 Å². The van der Waals surface area contributed by atoms with Gasteiger partial charge in [-0.2, -0.15) is 14.4 Å². The van der Waals surface area contributed by atoms with Crippen LogP contribution in [0.2, 0.25) is 0 Å². The fourth-order valence-corrected chi connectivity index (χ4v) is 0.793. The SMILES string of the molecule is CCOc1cc(F)nc(OCC)n1. The van der Waals surface area contributed by atoms with Gasteiger partial charge in [0.1, 0.15) is 0 Å². The number of ether oxygens (including phenoxy) is 2. The van der Waals surface area contributed by atoms with Crippen molar-refractivity contribution < 1.29 is 13.9 Å². The number of hydrogen-bond donors (Lipinski definition) is 0. The Morgan fingerprint density at radius 1 is 1.23 bits per heavy atom. The zero-order valence-electron chi connectivity index (χ0n) is 7.58. The lowest BCUT2D eigenvalue weighted by atomic mass is 10.6. The monoisotopic (exact) mass is 186 g/mol. The Labute approximate surface area is 75.7 Å². The average Bonchev–Trinajstić information content (AvgIpc) is 2.04. The molecule has 4 nitrogen and oxygen atoms in total. The Morgan fingerprint density at radius 2 is 1.92 bits per heavy atom. The molecule has 1 aromatic heterocycles. The van der Waals surface area contributed by atoms with E-state index in [1.807, 2.05) is 0 Å². The number of hydrogen-bond acceptors (Lipinski definition) is 4. The normalized spacial score (nSPS) is 9.77. The van der Waals surface area contributed by atoms with Crippen LogP contribution in [0.1, 0.15) is 13.8 Å². The van der Waals surface area contributed by atoms with Gasteiger partial charge in [0.15, 0.2) is 0 Å². The third-order valence-electron chi connectivity index (χ3n) is 1.22. The zero-order valence-corrected chi connectivity index (χ0v) is 7.58. The first kappa shape index (κ1) is 9.70. The van der Waals surface area contributed by atoms with Gasteiger partial charge in [0.05, 0.1) is 19.3 Å². The zero-order chi connectivity index (χ0) is 9.68. The van der Waals surface area contributed by atoms with Crippen molar-refractivity contribution in [3.05, 3.63) is 12.0 Å². The average molecular weight is 186 g/mol. The summed E-state index contributed by atoms with van der Waals surface area (Å²) in [5.41, 5.74) is 0. The minimum absolute atomic E-state index is 0.00551. The van der Waals surface area contributed by atoms with Gasteiger partial charge in [0.2, 0.25) is 11.8 Å². The Balaban J connectivity index is 2.83. The molecule has 0 spiro atoms. The molecule has 0 atom stereocenters. The van der Waals surface area contributed by atoms with E-state index in [0.29, 0.717) is 13.2 Å². The molecule has 0 radical (unpaired) electrons. The molecule has 0 amide bonds. The molecule has 0 bridgehead atoms. The highest BCUT2D eigenvalue weighted by molar-refractivity contribution is 5.12. The van der Waals surface area contributed by atoms with Gasteiger partial charge in [-0.05, 0) is 13.8 Å². The lowest BCUT2D eigenvalue weighted by molar-refractivity contribution is 0.281. The molecular formula is C8H11FN2O2. The van der Waals surface area contributed by atoms with Gasteiger partial charge < -0.3 is 9.47 Å². The van der Waals surface area contributed by atoms with Crippen molar-refractivity contribution in [2.45, 2.75) is 13.8 Å². The van der Waals surface area contributed by atoms with E-state index in [1.54, 1.807) is 13.8 Å². The summed E-state index contributed by atoms with van der Waals surface area (Å²) >= 11 is 0. The maximum atomic E-state index is 12.8. The van der Waals surface area contributed by atoms with Crippen LogP contribution in [0.15, 0.2) is 6.07 Å². The van der Waals surface area contributed by atoms with E-state index >= 15 is 0 Å². The van der Waals surface area contributed by atoms with Crippen molar-refractivity contribution in [1.29, 1.82) is 0 Å². The van der Waals surface area contributed by atoms with E-state index in [9.17, 15) is 4.39 Å². The first-order valence-corrected chi connectivity index (χ1v) is 4.06. The number of halogens is 1. The summed E-state index contributed by atoms with van der Waals surface area (Å²) in [4.78, 5) is 7.24.